The first-order valence-electron chi connectivity index (χ1n) is 6.74. The van der Waals surface area contributed by atoms with Crippen molar-refractivity contribution in [2.75, 3.05) is 25.1 Å². The molecule has 6 heteroatoms. The average Bonchev–Trinajstić information content (AvgIpc) is 2.40. The van der Waals surface area contributed by atoms with Crippen LogP contribution in [0.2, 0.25) is 0 Å². The first kappa shape index (κ1) is 14.3. The Balaban J connectivity index is 2.20. The van der Waals surface area contributed by atoms with Crippen LogP contribution in [0.5, 0.6) is 0 Å². The van der Waals surface area contributed by atoms with E-state index in [0.29, 0.717) is 17.1 Å². The predicted octanol–water partition coefficient (Wildman–Crippen LogP) is 1.80. The standard InChI is InChI=1S/C13H21N3O2S/c1-2-14-19(17,18)13-9-5-4-8-12(13)15-16-10-6-3-7-11-16/h4-5,8-9,14-15H,2-3,6-7,10-11H2,1H3. The zero-order valence-electron chi connectivity index (χ0n) is 11.2. The molecule has 0 bridgehead atoms. The van der Waals surface area contributed by atoms with Gasteiger partial charge in [-0.3, -0.25) is 0 Å². The molecule has 1 fully saturated rings. The van der Waals surface area contributed by atoms with E-state index in [1.165, 1.54) is 6.42 Å². The molecule has 106 valence electrons. The zero-order valence-corrected chi connectivity index (χ0v) is 12.0. The molecule has 0 spiro atoms. The molecule has 0 aromatic heterocycles. The molecule has 2 rings (SSSR count). The second-order valence-electron chi connectivity index (χ2n) is 4.66. The van der Waals surface area contributed by atoms with E-state index in [1.54, 1.807) is 25.1 Å². The van der Waals surface area contributed by atoms with Crippen LogP contribution in [0.4, 0.5) is 5.69 Å². The molecule has 1 saturated heterocycles. The average molecular weight is 283 g/mol. The molecule has 0 radical (unpaired) electrons. The lowest BCUT2D eigenvalue weighted by molar-refractivity contribution is 0.272. The summed E-state index contributed by atoms with van der Waals surface area (Å²) in [7, 11) is -3.43. The molecule has 0 amide bonds. The largest absolute Gasteiger partial charge is 0.318 e. The highest BCUT2D eigenvalue weighted by atomic mass is 32.2. The molecular formula is C13H21N3O2S. The summed E-state index contributed by atoms with van der Waals surface area (Å²) in [5.74, 6) is 0. The van der Waals surface area contributed by atoms with Crippen LogP contribution in [0.25, 0.3) is 0 Å². The summed E-state index contributed by atoms with van der Waals surface area (Å²) in [6.07, 6.45) is 3.54. The molecule has 1 aromatic carbocycles. The Bertz CT molecular complexity index is 510. The molecule has 0 unspecified atom stereocenters. The third-order valence-corrected chi connectivity index (χ3v) is 4.75. The molecule has 1 aliphatic heterocycles. The van der Waals surface area contributed by atoms with E-state index < -0.39 is 10.0 Å². The van der Waals surface area contributed by atoms with Gasteiger partial charge in [0.2, 0.25) is 10.0 Å². The Hall–Kier alpha value is -1.11. The highest BCUT2D eigenvalue weighted by molar-refractivity contribution is 7.89. The van der Waals surface area contributed by atoms with Crippen molar-refractivity contribution >= 4 is 15.7 Å². The molecular weight excluding hydrogens is 262 g/mol. The molecule has 0 aliphatic carbocycles. The summed E-state index contributed by atoms with van der Waals surface area (Å²) in [5, 5.41) is 2.09. The van der Waals surface area contributed by atoms with Crippen LogP contribution in [0.1, 0.15) is 26.2 Å². The van der Waals surface area contributed by atoms with E-state index in [9.17, 15) is 8.42 Å². The van der Waals surface area contributed by atoms with Gasteiger partial charge >= 0.3 is 0 Å². The van der Waals surface area contributed by atoms with Crippen LogP contribution in [0, 0.1) is 0 Å². The van der Waals surface area contributed by atoms with E-state index in [0.717, 1.165) is 25.9 Å². The predicted molar refractivity (Wildman–Crippen MR) is 76.4 cm³/mol. The molecule has 19 heavy (non-hydrogen) atoms. The number of benzene rings is 1. The fourth-order valence-electron chi connectivity index (χ4n) is 2.24. The van der Waals surface area contributed by atoms with Gasteiger partial charge in [-0.1, -0.05) is 25.5 Å². The normalized spacial score (nSPS) is 17.3. The van der Waals surface area contributed by atoms with Crippen molar-refractivity contribution in [1.29, 1.82) is 0 Å². The number of sulfonamides is 1. The Kier molecular flexibility index (Phi) is 4.79. The summed E-state index contributed by atoms with van der Waals surface area (Å²) in [5.41, 5.74) is 3.87. The molecule has 0 atom stereocenters. The third kappa shape index (κ3) is 3.68. The van der Waals surface area contributed by atoms with Gasteiger partial charge in [0, 0.05) is 19.6 Å². The van der Waals surface area contributed by atoms with Crippen LogP contribution >= 0.6 is 0 Å². The van der Waals surface area contributed by atoms with Crippen molar-refractivity contribution in [3.8, 4) is 0 Å². The molecule has 1 heterocycles. The molecule has 0 saturated carbocycles. The van der Waals surface area contributed by atoms with E-state index >= 15 is 0 Å². The number of hydrogen-bond donors (Lipinski definition) is 2. The Labute approximate surface area is 115 Å². The molecule has 5 nitrogen and oxygen atoms in total. The highest BCUT2D eigenvalue weighted by Gasteiger charge is 2.19. The number of hydrazine groups is 1. The molecule has 1 aliphatic rings. The maximum atomic E-state index is 12.1. The van der Waals surface area contributed by atoms with E-state index in [1.807, 2.05) is 6.07 Å². The Morgan fingerprint density at radius 3 is 2.53 bits per heavy atom. The van der Waals surface area contributed by atoms with Crippen LogP contribution < -0.4 is 10.1 Å². The minimum atomic E-state index is -3.43. The number of hydrogen-bond acceptors (Lipinski definition) is 4. The highest BCUT2D eigenvalue weighted by Crippen LogP contribution is 2.22. The number of rotatable bonds is 5. The Morgan fingerprint density at radius 1 is 1.16 bits per heavy atom. The van der Waals surface area contributed by atoms with Gasteiger partial charge in [0.1, 0.15) is 4.90 Å². The van der Waals surface area contributed by atoms with Crippen molar-refractivity contribution < 1.29 is 8.42 Å². The minimum absolute atomic E-state index is 0.308. The van der Waals surface area contributed by atoms with E-state index in [2.05, 4.69) is 15.2 Å². The SMILES string of the molecule is CCNS(=O)(=O)c1ccccc1NN1CCCCC1. The van der Waals surface area contributed by atoms with Crippen LogP contribution in [0.15, 0.2) is 29.2 Å². The number of nitrogens with one attached hydrogen (secondary N) is 2. The van der Waals surface area contributed by atoms with Gasteiger partial charge in [0.25, 0.3) is 0 Å². The lowest BCUT2D eigenvalue weighted by Crippen LogP contribution is -2.35. The smallest absolute Gasteiger partial charge is 0.242 e. The maximum absolute atomic E-state index is 12.1. The number of para-hydroxylation sites is 1. The van der Waals surface area contributed by atoms with Crippen molar-refractivity contribution in [1.82, 2.24) is 9.73 Å². The summed E-state index contributed by atoms with van der Waals surface area (Å²) < 4.78 is 26.8. The summed E-state index contributed by atoms with van der Waals surface area (Å²) in [6.45, 7) is 4.07. The van der Waals surface area contributed by atoms with Crippen LogP contribution in [0.3, 0.4) is 0 Å². The van der Waals surface area contributed by atoms with E-state index in [-0.39, 0.29) is 0 Å². The zero-order chi connectivity index (χ0) is 13.7. The number of piperidine rings is 1. The monoisotopic (exact) mass is 283 g/mol. The lowest BCUT2D eigenvalue weighted by atomic mass is 10.2. The van der Waals surface area contributed by atoms with Gasteiger partial charge in [-0.2, -0.15) is 0 Å². The quantitative estimate of drug-likeness (QED) is 0.865. The van der Waals surface area contributed by atoms with Crippen LogP contribution in [-0.2, 0) is 10.0 Å². The van der Waals surface area contributed by atoms with Crippen LogP contribution in [-0.4, -0.2) is 33.1 Å². The summed E-state index contributed by atoms with van der Waals surface area (Å²) in [6, 6.07) is 7.02. The topological polar surface area (TPSA) is 61.4 Å². The van der Waals surface area contributed by atoms with Crippen molar-refractivity contribution in [3.63, 3.8) is 0 Å². The van der Waals surface area contributed by atoms with Gasteiger partial charge in [0.15, 0.2) is 0 Å². The first-order valence-corrected chi connectivity index (χ1v) is 8.22. The summed E-state index contributed by atoms with van der Waals surface area (Å²) in [4.78, 5) is 0.308. The lowest BCUT2D eigenvalue weighted by Gasteiger charge is -2.28. The first-order chi connectivity index (χ1) is 9.13. The van der Waals surface area contributed by atoms with Gasteiger partial charge in [-0.25, -0.2) is 18.1 Å². The van der Waals surface area contributed by atoms with Gasteiger partial charge < -0.3 is 5.43 Å². The van der Waals surface area contributed by atoms with Gasteiger partial charge in [0.05, 0.1) is 5.69 Å². The number of anilines is 1. The fourth-order valence-corrected chi connectivity index (χ4v) is 3.43. The molecule has 2 N–H and O–H groups in total. The molecule has 1 aromatic rings. The maximum Gasteiger partial charge on any atom is 0.242 e. The fraction of sp³-hybridized carbons (Fsp3) is 0.538. The van der Waals surface area contributed by atoms with Crippen molar-refractivity contribution in [3.05, 3.63) is 24.3 Å². The van der Waals surface area contributed by atoms with E-state index in [4.69, 9.17) is 0 Å². The van der Waals surface area contributed by atoms with Gasteiger partial charge in [-0.15, -0.1) is 0 Å². The third-order valence-electron chi connectivity index (χ3n) is 3.15. The summed E-state index contributed by atoms with van der Waals surface area (Å²) >= 11 is 0. The number of nitrogens with zero attached hydrogens (tertiary/aromatic N) is 1. The second kappa shape index (κ2) is 6.36. The minimum Gasteiger partial charge on any atom is -0.318 e. The van der Waals surface area contributed by atoms with Crippen molar-refractivity contribution in [2.24, 2.45) is 0 Å². The Morgan fingerprint density at radius 2 is 1.84 bits per heavy atom. The van der Waals surface area contributed by atoms with Crippen molar-refractivity contribution in [2.45, 2.75) is 31.1 Å². The second-order valence-corrected chi connectivity index (χ2v) is 6.39. The van der Waals surface area contributed by atoms with Gasteiger partial charge in [-0.05, 0) is 25.0 Å².